The van der Waals surface area contributed by atoms with Gasteiger partial charge in [-0.05, 0) is 24.5 Å². The predicted octanol–water partition coefficient (Wildman–Crippen LogP) is 1.66. The maximum Gasteiger partial charge on any atom is 0.331 e. The lowest BCUT2D eigenvalue weighted by Crippen LogP contribution is -2.43. The van der Waals surface area contributed by atoms with Gasteiger partial charge in [0.15, 0.2) is 11.8 Å². The first-order valence-corrected chi connectivity index (χ1v) is 9.73. The van der Waals surface area contributed by atoms with Crippen molar-refractivity contribution in [2.45, 2.75) is 24.3 Å². The molecule has 0 radical (unpaired) electrons. The number of aryl methyl sites for hydroxylation is 1. The Bertz CT molecular complexity index is 1010. The Morgan fingerprint density at radius 1 is 1.26 bits per heavy atom. The molecule has 3 rings (SSSR count). The Labute approximate surface area is 157 Å². The minimum atomic E-state index is -3.78. The average molecular weight is 392 g/mol. The van der Waals surface area contributed by atoms with Crippen LogP contribution < -0.4 is 0 Å². The molecule has 0 fully saturated rings. The lowest BCUT2D eigenvalue weighted by atomic mass is 9.92. The fourth-order valence-electron chi connectivity index (χ4n) is 3.22. The Kier molecular flexibility index (Phi) is 4.83. The summed E-state index contributed by atoms with van der Waals surface area (Å²) in [5.41, 5.74) is 1.43. The zero-order valence-corrected chi connectivity index (χ0v) is 16.0. The highest BCUT2D eigenvalue weighted by atomic mass is 32.2. The molecule has 1 aliphatic rings. The number of nitrogens with zero attached hydrogens (tertiary/aromatic N) is 2. The lowest BCUT2D eigenvalue weighted by molar-refractivity contribution is -0.143. The molecule has 9 heteroatoms. The van der Waals surface area contributed by atoms with Gasteiger partial charge in [0, 0.05) is 26.7 Å². The quantitative estimate of drug-likeness (QED) is 0.848. The molecule has 0 saturated heterocycles. The Morgan fingerprint density at radius 3 is 2.56 bits per heavy atom. The zero-order valence-electron chi connectivity index (χ0n) is 15.2. The molecule has 1 aliphatic heterocycles. The lowest BCUT2D eigenvalue weighted by Gasteiger charge is -2.34. The van der Waals surface area contributed by atoms with Gasteiger partial charge in [-0.15, -0.1) is 0 Å². The number of hydrogen-bond donors (Lipinski definition) is 1. The van der Waals surface area contributed by atoms with E-state index in [1.54, 1.807) is 12.1 Å². The van der Waals surface area contributed by atoms with Crippen molar-refractivity contribution >= 4 is 21.9 Å². The molecule has 27 heavy (non-hydrogen) atoms. The van der Waals surface area contributed by atoms with E-state index in [-0.39, 0.29) is 23.0 Å². The maximum atomic E-state index is 12.9. The van der Waals surface area contributed by atoms with Crippen LogP contribution in [0, 0.1) is 6.92 Å². The first-order valence-electron chi connectivity index (χ1n) is 8.29. The van der Waals surface area contributed by atoms with Gasteiger partial charge in [0.1, 0.15) is 10.7 Å². The third-order valence-corrected chi connectivity index (χ3v) is 6.54. The molecular weight excluding hydrogens is 372 g/mol. The van der Waals surface area contributed by atoms with Gasteiger partial charge in [-0.2, -0.15) is 0 Å². The van der Waals surface area contributed by atoms with Crippen LogP contribution in [0.5, 0.6) is 0 Å². The molecule has 1 atom stereocenters. The third-order valence-electron chi connectivity index (χ3n) is 4.62. The molecule has 2 heterocycles. The van der Waals surface area contributed by atoms with Crippen molar-refractivity contribution < 1.29 is 27.5 Å². The van der Waals surface area contributed by atoms with Crippen LogP contribution in [-0.4, -0.2) is 55.2 Å². The predicted molar refractivity (Wildman–Crippen MR) is 95.9 cm³/mol. The number of amides is 1. The molecule has 144 valence electrons. The summed E-state index contributed by atoms with van der Waals surface area (Å²) < 4.78 is 31.1. The van der Waals surface area contributed by atoms with Crippen molar-refractivity contribution in [2.24, 2.45) is 0 Å². The van der Waals surface area contributed by atoms with E-state index in [1.807, 2.05) is 12.1 Å². The van der Waals surface area contributed by atoms with Gasteiger partial charge in [-0.1, -0.05) is 24.3 Å². The number of furan rings is 1. The van der Waals surface area contributed by atoms with Crippen molar-refractivity contribution in [2.75, 3.05) is 20.6 Å². The highest BCUT2D eigenvalue weighted by Gasteiger charge is 2.38. The SMILES string of the molecule is Cc1oc(C(=O)N2CCc3ccccc3C2C(=O)O)cc1S(=O)(=O)N(C)C. The van der Waals surface area contributed by atoms with E-state index >= 15 is 0 Å². The molecule has 2 aromatic rings. The molecule has 0 saturated carbocycles. The minimum Gasteiger partial charge on any atom is -0.479 e. The van der Waals surface area contributed by atoms with E-state index < -0.39 is 27.9 Å². The molecule has 1 aromatic heterocycles. The van der Waals surface area contributed by atoms with Gasteiger partial charge in [0.2, 0.25) is 10.0 Å². The van der Waals surface area contributed by atoms with Gasteiger partial charge >= 0.3 is 5.97 Å². The normalized spacial score (nSPS) is 17.0. The van der Waals surface area contributed by atoms with Crippen LogP contribution in [0.2, 0.25) is 0 Å². The second kappa shape index (κ2) is 6.82. The van der Waals surface area contributed by atoms with E-state index in [2.05, 4.69) is 0 Å². The van der Waals surface area contributed by atoms with Crippen LogP contribution in [0.1, 0.15) is 33.5 Å². The van der Waals surface area contributed by atoms with Gasteiger partial charge in [0.05, 0.1) is 0 Å². The van der Waals surface area contributed by atoms with Crippen molar-refractivity contribution in [1.82, 2.24) is 9.21 Å². The molecular formula is C18H20N2O6S. The number of benzene rings is 1. The van der Waals surface area contributed by atoms with Crippen molar-refractivity contribution in [3.8, 4) is 0 Å². The van der Waals surface area contributed by atoms with Crippen LogP contribution in [-0.2, 0) is 21.2 Å². The highest BCUT2D eigenvalue weighted by molar-refractivity contribution is 7.89. The first-order chi connectivity index (χ1) is 12.6. The number of carbonyl (C=O) groups is 2. The number of carboxylic acid groups (broad SMARTS) is 1. The van der Waals surface area contributed by atoms with Crippen LogP contribution in [0.3, 0.4) is 0 Å². The fraction of sp³-hybridized carbons (Fsp3) is 0.333. The summed E-state index contributed by atoms with van der Waals surface area (Å²) in [5, 5.41) is 9.69. The number of carbonyl (C=O) groups excluding carboxylic acids is 1. The molecule has 0 bridgehead atoms. The van der Waals surface area contributed by atoms with E-state index in [4.69, 9.17) is 4.42 Å². The molecule has 8 nitrogen and oxygen atoms in total. The second-order valence-electron chi connectivity index (χ2n) is 6.51. The summed E-state index contributed by atoms with van der Waals surface area (Å²) in [6.07, 6.45) is 0.508. The summed E-state index contributed by atoms with van der Waals surface area (Å²) in [5.74, 6) is -1.92. The largest absolute Gasteiger partial charge is 0.479 e. The monoisotopic (exact) mass is 392 g/mol. The highest BCUT2D eigenvalue weighted by Crippen LogP contribution is 2.32. The number of hydrogen-bond acceptors (Lipinski definition) is 5. The average Bonchev–Trinajstić information content (AvgIpc) is 3.02. The van der Waals surface area contributed by atoms with E-state index in [0.717, 1.165) is 15.9 Å². The summed E-state index contributed by atoms with van der Waals surface area (Å²) in [6, 6.07) is 7.08. The van der Waals surface area contributed by atoms with E-state index in [9.17, 15) is 23.1 Å². The van der Waals surface area contributed by atoms with Crippen LogP contribution in [0.15, 0.2) is 39.6 Å². The van der Waals surface area contributed by atoms with Gasteiger partial charge in [-0.3, -0.25) is 4.79 Å². The third kappa shape index (κ3) is 3.24. The summed E-state index contributed by atoms with van der Waals surface area (Å²) >= 11 is 0. The standard InChI is InChI=1S/C18H20N2O6S/c1-11-15(27(24,25)19(2)3)10-14(26-11)17(21)20-9-8-12-6-4-5-7-13(12)16(20)18(22)23/h4-7,10,16H,8-9H2,1-3H3,(H,22,23). The van der Waals surface area contributed by atoms with Crippen molar-refractivity contribution in [3.63, 3.8) is 0 Å². The Morgan fingerprint density at radius 2 is 1.93 bits per heavy atom. The van der Waals surface area contributed by atoms with Crippen LogP contribution in [0.4, 0.5) is 0 Å². The number of fused-ring (bicyclic) bond motifs is 1. The van der Waals surface area contributed by atoms with Crippen molar-refractivity contribution in [3.05, 3.63) is 53.0 Å². The second-order valence-corrected chi connectivity index (χ2v) is 8.63. The molecule has 0 aliphatic carbocycles. The van der Waals surface area contributed by atoms with Gasteiger partial charge < -0.3 is 14.4 Å². The van der Waals surface area contributed by atoms with Gasteiger partial charge in [-0.25, -0.2) is 17.5 Å². The van der Waals surface area contributed by atoms with E-state index in [0.29, 0.717) is 12.0 Å². The summed E-state index contributed by atoms with van der Waals surface area (Å²) in [7, 11) is -1.02. The molecule has 1 amide bonds. The Balaban J connectivity index is 2.00. The molecule has 0 spiro atoms. The summed E-state index contributed by atoms with van der Waals surface area (Å²) in [6.45, 7) is 1.65. The topological polar surface area (TPSA) is 108 Å². The van der Waals surface area contributed by atoms with Crippen molar-refractivity contribution in [1.29, 1.82) is 0 Å². The molecule has 1 aromatic carbocycles. The van der Waals surface area contributed by atoms with E-state index in [1.165, 1.54) is 25.9 Å². The first kappa shape index (κ1) is 19.1. The number of aliphatic carboxylic acids is 1. The number of carboxylic acids is 1. The minimum absolute atomic E-state index is 0.0799. The smallest absolute Gasteiger partial charge is 0.331 e. The number of rotatable bonds is 4. The Hall–Kier alpha value is -2.65. The fourth-order valence-corrected chi connectivity index (χ4v) is 4.27. The summed E-state index contributed by atoms with van der Waals surface area (Å²) in [4.78, 5) is 25.9. The molecule has 1 N–H and O–H groups in total. The van der Waals surface area contributed by atoms with Gasteiger partial charge in [0.25, 0.3) is 5.91 Å². The zero-order chi connectivity index (χ0) is 19.9. The maximum absolute atomic E-state index is 12.9. The molecule has 1 unspecified atom stereocenters. The van der Waals surface area contributed by atoms with Crippen LogP contribution in [0.25, 0.3) is 0 Å². The van der Waals surface area contributed by atoms with Crippen LogP contribution >= 0.6 is 0 Å². The number of sulfonamides is 1.